The summed E-state index contributed by atoms with van der Waals surface area (Å²) in [5, 5.41) is 0. The molecule has 0 bridgehead atoms. The van der Waals surface area contributed by atoms with E-state index in [2.05, 4.69) is 14.7 Å². The first kappa shape index (κ1) is 21.3. The van der Waals surface area contributed by atoms with E-state index in [0.29, 0.717) is 23.4 Å². The number of benzene rings is 2. The third-order valence-corrected chi connectivity index (χ3v) is 4.58. The minimum Gasteiger partial charge on any atom is -0.406 e. The van der Waals surface area contributed by atoms with Crippen LogP contribution < -0.4 is 10.3 Å². The number of carbonyl (C=O) groups is 1. The van der Waals surface area contributed by atoms with E-state index in [1.54, 1.807) is 24.3 Å². The molecule has 2 aromatic carbocycles. The van der Waals surface area contributed by atoms with Gasteiger partial charge in [0.25, 0.3) is 5.56 Å². The highest BCUT2D eigenvalue weighted by atomic mass is 19.4. The summed E-state index contributed by atoms with van der Waals surface area (Å²) >= 11 is 0. The highest BCUT2D eigenvalue weighted by Crippen LogP contribution is 2.29. The molecule has 0 amide bonds. The quantitative estimate of drug-likeness (QED) is 0.544. The number of hydrogen-bond acceptors (Lipinski definition) is 4. The normalized spacial score (nSPS) is 12.4. The molecule has 1 heterocycles. The van der Waals surface area contributed by atoms with E-state index in [1.165, 1.54) is 24.3 Å². The molecule has 3 aromatic rings. The lowest BCUT2D eigenvalue weighted by Crippen LogP contribution is -2.17. The monoisotopic (exact) mass is 416 g/mol. The predicted octanol–water partition coefficient (Wildman–Crippen LogP) is 5.10. The largest absolute Gasteiger partial charge is 0.573 e. The number of hydrogen-bond donors (Lipinski definition) is 1. The molecule has 0 spiro atoms. The Labute approximate surface area is 170 Å². The highest BCUT2D eigenvalue weighted by molar-refractivity contribution is 5.95. The van der Waals surface area contributed by atoms with Gasteiger partial charge in [0.1, 0.15) is 17.3 Å². The number of aromatic amines is 1. The molecular weight excluding hydrogens is 397 g/mol. The van der Waals surface area contributed by atoms with Gasteiger partial charge in [0.15, 0.2) is 5.78 Å². The lowest BCUT2D eigenvalue weighted by Gasteiger charge is -2.16. The molecular formula is C22H19F3N2O3. The summed E-state index contributed by atoms with van der Waals surface area (Å²) < 4.78 is 40.8. The van der Waals surface area contributed by atoms with Crippen LogP contribution in [0.25, 0.3) is 11.4 Å². The van der Waals surface area contributed by atoms with Crippen molar-refractivity contribution in [3.63, 3.8) is 0 Å². The SMILES string of the molecule is CC[C@@H](CC(=O)c1cc(=O)[nH]c(-c2ccccc2)n1)c1ccc(OC(F)(F)F)cc1. The number of ketones is 1. The number of halogens is 3. The van der Waals surface area contributed by atoms with Gasteiger partial charge >= 0.3 is 6.36 Å². The van der Waals surface area contributed by atoms with Gasteiger partial charge in [-0.2, -0.15) is 0 Å². The smallest absolute Gasteiger partial charge is 0.406 e. The number of H-pyrrole nitrogens is 1. The Morgan fingerprint density at radius 1 is 1.10 bits per heavy atom. The van der Waals surface area contributed by atoms with Gasteiger partial charge in [-0.25, -0.2) is 4.98 Å². The minimum absolute atomic E-state index is 0.0491. The molecule has 0 saturated carbocycles. The first-order chi connectivity index (χ1) is 14.2. The molecule has 8 heteroatoms. The van der Waals surface area contributed by atoms with Gasteiger partial charge in [0, 0.05) is 18.1 Å². The predicted molar refractivity (Wildman–Crippen MR) is 105 cm³/mol. The van der Waals surface area contributed by atoms with Crippen molar-refractivity contribution in [2.24, 2.45) is 0 Å². The van der Waals surface area contributed by atoms with Gasteiger partial charge in [-0.05, 0) is 30.0 Å². The zero-order chi connectivity index (χ0) is 21.7. The van der Waals surface area contributed by atoms with Crippen LogP contribution in [-0.2, 0) is 0 Å². The van der Waals surface area contributed by atoms with Crippen molar-refractivity contribution in [1.82, 2.24) is 9.97 Å². The van der Waals surface area contributed by atoms with Crippen LogP contribution in [0.2, 0.25) is 0 Å². The molecule has 1 aromatic heterocycles. The zero-order valence-corrected chi connectivity index (χ0v) is 16.1. The molecule has 0 unspecified atom stereocenters. The fraction of sp³-hybridized carbons (Fsp3) is 0.227. The fourth-order valence-electron chi connectivity index (χ4n) is 3.10. The molecule has 0 fully saturated rings. The first-order valence-corrected chi connectivity index (χ1v) is 9.31. The van der Waals surface area contributed by atoms with Crippen molar-refractivity contribution < 1.29 is 22.7 Å². The Kier molecular flexibility index (Phi) is 6.34. The molecule has 156 valence electrons. The van der Waals surface area contributed by atoms with Crippen LogP contribution in [0.3, 0.4) is 0 Å². The second-order valence-corrected chi connectivity index (χ2v) is 6.69. The van der Waals surface area contributed by atoms with Crippen LogP contribution in [0.5, 0.6) is 5.75 Å². The molecule has 0 saturated heterocycles. The molecule has 1 atom stereocenters. The molecule has 1 N–H and O–H groups in total. The Morgan fingerprint density at radius 2 is 1.77 bits per heavy atom. The molecule has 0 radical (unpaired) electrons. The Hall–Kier alpha value is -3.42. The molecule has 5 nitrogen and oxygen atoms in total. The van der Waals surface area contributed by atoms with Gasteiger partial charge in [-0.3, -0.25) is 9.59 Å². The van der Waals surface area contributed by atoms with E-state index in [-0.39, 0.29) is 29.6 Å². The molecule has 30 heavy (non-hydrogen) atoms. The van der Waals surface area contributed by atoms with E-state index in [9.17, 15) is 22.8 Å². The summed E-state index contributed by atoms with van der Waals surface area (Å²) in [5.41, 5.74) is 0.993. The molecule has 0 aliphatic heterocycles. The van der Waals surface area contributed by atoms with Crippen LogP contribution in [-0.4, -0.2) is 22.1 Å². The topological polar surface area (TPSA) is 72.0 Å². The van der Waals surface area contributed by atoms with Crippen molar-refractivity contribution in [2.45, 2.75) is 32.0 Å². The van der Waals surface area contributed by atoms with Gasteiger partial charge in [0.2, 0.25) is 0 Å². The van der Waals surface area contributed by atoms with Crippen molar-refractivity contribution in [3.05, 3.63) is 82.3 Å². The van der Waals surface area contributed by atoms with Crippen LogP contribution in [0.15, 0.2) is 65.5 Å². The third kappa shape index (κ3) is 5.56. The van der Waals surface area contributed by atoms with E-state index < -0.39 is 11.9 Å². The lowest BCUT2D eigenvalue weighted by molar-refractivity contribution is -0.274. The van der Waals surface area contributed by atoms with Crippen molar-refractivity contribution in [3.8, 4) is 17.1 Å². The van der Waals surface area contributed by atoms with Gasteiger partial charge in [0.05, 0.1) is 0 Å². The molecule has 0 aliphatic rings. The average Bonchev–Trinajstić information content (AvgIpc) is 2.71. The van der Waals surface area contributed by atoms with E-state index in [0.717, 1.165) is 6.07 Å². The average molecular weight is 416 g/mol. The summed E-state index contributed by atoms with van der Waals surface area (Å²) in [6, 6.07) is 15.6. The lowest BCUT2D eigenvalue weighted by atomic mass is 9.90. The van der Waals surface area contributed by atoms with Crippen LogP contribution in [0, 0.1) is 0 Å². The number of carbonyl (C=O) groups excluding carboxylic acids is 1. The van der Waals surface area contributed by atoms with Crippen LogP contribution in [0.4, 0.5) is 13.2 Å². The van der Waals surface area contributed by atoms with Gasteiger partial charge < -0.3 is 9.72 Å². The third-order valence-electron chi connectivity index (χ3n) is 4.58. The Balaban J connectivity index is 1.79. The van der Waals surface area contributed by atoms with E-state index in [4.69, 9.17) is 0 Å². The van der Waals surface area contributed by atoms with Gasteiger partial charge in [-0.1, -0.05) is 49.4 Å². The first-order valence-electron chi connectivity index (χ1n) is 9.31. The summed E-state index contributed by atoms with van der Waals surface area (Å²) in [4.78, 5) is 31.7. The maximum Gasteiger partial charge on any atom is 0.573 e. The van der Waals surface area contributed by atoms with E-state index in [1.807, 2.05) is 13.0 Å². The highest BCUT2D eigenvalue weighted by Gasteiger charge is 2.31. The van der Waals surface area contributed by atoms with Crippen molar-refractivity contribution in [1.29, 1.82) is 0 Å². The number of ether oxygens (including phenoxy) is 1. The Bertz CT molecular complexity index is 1060. The maximum atomic E-state index is 12.8. The van der Waals surface area contributed by atoms with Crippen molar-refractivity contribution >= 4 is 5.78 Å². The number of nitrogens with zero attached hydrogens (tertiary/aromatic N) is 1. The summed E-state index contributed by atoms with van der Waals surface area (Å²) in [5.74, 6) is -0.580. The summed E-state index contributed by atoms with van der Waals surface area (Å²) in [6.45, 7) is 1.87. The number of nitrogens with one attached hydrogen (secondary N) is 1. The minimum atomic E-state index is -4.76. The second-order valence-electron chi connectivity index (χ2n) is 6.69. The number of alkyl halides is 3. The summed E-state index contributed by atoms with van der Waals surface area (Å²) in [6.07, 6.45) is -4.11. The van der Waals surface area contributed by atoms with Crippen molar-refractivity contribution in [2.75, 3.05) is 0 Å². The van der Waals surface area contributed by atoms with E-state index >= 15 is 0 Å². The fourth-order valence-corrected chi connectivity index (χ4v) is 3.10. The van der Waals surface area contributed by atoms with Gasteiger partial charge in [-0.15, -0.1) is 13.2 Å². The zero-order valence-electron chi connectivity index (χ0n) is 16.1. The number of aromatic nitrogens is 2. The number of rotatable bonds is 7. The Morgan fingerprint density at radius 3 is 2.37 bits per heavy atom. The van der Waals surface area contributed by atoms with Crippen LogP contribution >= 0.6 is 0 Å². The standard InChI is InChI=1S/C22H19F3N2O3/c1-2-14(15-8-10-17(11-9-15)30-22(23,24)25)12-19(28)18-13-20(29)27-21(26-18)16-6-4-3-5-7-16/h3-11,13-14H,2,12H2,1H3,(H,26,27,29)/t14-/m0/s1. The maximum absolute atomic E-state index is 12.8. The molecule has 0 aliphatic carbocycles. The van der Waals surface area contributed by atoms with Crippen LogP contribution in [0.1, 0.15) is 41.7 Å². The molecule has 3 rings (SSSR count). The summed E-state index contributed by atoms with van der Waals surface area (Å²) in [7, 11) is 0. The number of Topliss-reactive ketones (excluding diaryl/α,β-unsaturated/α-hetero) is 1. The second kappa shape index (κ2) is 8.94.